The molecule has 0 spiro atoms. The number of aromatic nitrogens is 2. The van der Waals surface area contributed by atoms with E-state index in [1.807, 2.05) is 0 Å². The van der Waals surface area contributed by atoms with Crippen molar-refractivity contribution in [2.24, 2.45) is 5.92 Å². The fourth-order valence-corrected chi connectivity index (χ4v) is 4.12. The summed E-state index contributed by atoms with van der Waals surface area (Å²) in [6.45, 7) is 8.89. The van der Waals surface area contributed by atoms with Crippen LogP contribution in [-0.2, 0) is 19.4 Å². The Morgan fingerprint density at radius 2 is 1.72 bits per heavy atom. The number of imidazole rings is 1. The molecular weight excluding hydrogens is 354 g/mol. The maximum Gasteiger partial charge on any atom is 0.109 e. The van der Waals surface area contributed by atoms with Gasteiger partial charge in [0.15, 0.2) is 0 Å². The summed E-state index contributed by atoms with van der Waals surface area (Å²) in [6.07, 6.45) is 6.95. The third kappa shape index (κ3) is 4.90. The van der Waals surface area contributed by atoms with E-state index in [1.54, 1.807) is 0 Å². The average Bonchev–Trinajstić information content (AvgIpc) is 3.17. The smallest absolute Gasteiger partial charge is 0.109 e. The molecule has 1 N–H and O–H groups in total. The summed E-state index contributed by atoms with van der Waals surface area (Å²) in [5.74, 6) is 2.42. The van der Waals surface area contributed by atoms with Gasteiger partial charge in [0.1, 0.15) is 5.82 Å². The Kier molecular flexibility index (Phi) is 6.03. The van der Waals surface area contributed by atoms with Crippen molar-refractivity contribution in [3.05, 3.63) is 71.7 Å². The van der Waals surface area contributed by atoms with Crippen molar-refractivity contribution in [3.8, 4) is 11.3 Å². The van der Waals surface area contributed by atoms with Crippen LogP contribution >= 0.6 is 0 Å². The lowest BCUT2D eigenvalue weighted by Crippen LogP contribution is -2.13. The van der Waals surface area contributed by atoms with Crippen LogP contribution in [0.4, 0.5) is 5.69 Å². The minimum Gasteiger partial charge on any atom is -0.385 e. The molecule has 1 atom stereocenters. The topological polar surface area (TPSA) is 29.9 Å². The molecule has 0 fully saturated rings. The summed E-state index contributed by atoms with van der Waals surface area (Å²) in [7, 11) is 0. The van der Waals surface area contributed by atoms with E-state index in [4.69, 9.17) is 4.98 Å². The Bertz CT molecular complexity index is 896. The third-order valence-corrected chi connectivity index (χ3v) is 5.97. The Morgan fingerprint density at radius 3 is 2.41 bits per heavy atom. The molecule has 152 valence electrons. The molecule has 3 nitrogen and oxygen atoms in total. The molecule has 2 aromatic carbocycles. The molecule has 29 heavy (non-hydrogen) atoms. The number of nitrogens with one attached hydrogen (secondary N) is 1. The van der Waals surface area contributed by atoms with Gasteiger partial charge < -0.3 is 9.88 Å². The number of rotatable bonds is 7. The predicted octanol–water partition coefficient (Wildman–Crippen LogP) is 6.30. The zero-order valence-corrected chi connectivity index (χ0v) is 18.0. The van der Waals surface area contributed by atoms with Crippen molar-refractivity contribution in [1.82, 2.24) is 9.55 Å². The lowest BCUT2D eigenvalue weighted by molar-refractivity contribution is 0.522. The fourth-order valence-electron chi connectivity index (χ4n) is 4.12. The molecule has 0 amide bonds. The molecular formula is C26H33N3. The first-order valence-corrected chi connectivity index (χ1v) is 11.1. The van der Waals surface area contributed by atoms with Crippen molar-refractivity contribution in [2.45, 2.75) is 58.9 Å². The zero-order valence-electron chi connectivity index (χ0n) is 18.0. The van der Waals surface area contributed by atoms with Gasteiger partial charge in [-0.25, -0.2) is 4.98 Å². The molecule has 3 aromatic rings. The van der Waals surface area contributed by atoms with Crippen molar-refractivity contribution in [2.75, 3.05) is 11.9 Å². The van der Waals surface area contributed by atoms with Crippen LogP contribution in [-0.4, -0.2) is 16.1 Å². The fraction of sp³-hybridized carbons (Fsp3) is 0.423. The van der Waals surface area contributed by atoms with Gasteiger partial charge >= 0.3 is 0 Å². The lowest BCUT2D eigenvalue weighted by atomic mass is 9.97. The van der Waals surface area contributed by atoms with Gasteiger partial charge in [0.25, 0.3) is 0 Å². The summed E-state index contributed by atoms with van der Waals surface area (Å²) in [6, 6.07) is 17.8. The second-order valence-electron chi connectivity index (χ2n) is 8.86. The van der Waals surface area contributed by atoms with Crippen molar-refractivity contribution in [1.29, 1.82) is 0 Å². The molecule has 1 aliphatic rings. The molecule has 0 saturated heterocycles. The van der Waals surface area contributed by atoms with Gasteiger partial charge in [-0.3, -0.25) is 0 Å². The molecule has 1 unspecified atom stereocenters. The van der Waals surface area contributed by atoms with Crippen LogP contribution in [0.5, 0.6) is 0 Å². The van der Waals surface area contributed by atoms with E-state index in [0.29, 0.717) is 11.8 Å². The second-order valence-corrected chi connectivity index (χ2v) is 8.86. The average molecular weight is 388 g/mol. The van der Waals surface area contributed by atoms with Crippen molar-refractivity contribution < 1.29 is 0 Å². The highest BCUT2D eigenvalue weighted by atomic mass is 15.1. The maximum absolute atomic E-state index is 4.83. The van der Waals surface area contributed by atoms with Crippen molar-refractivity contribution in [3.63, 3.8) is 0 Å². The second kappa shape index (κ2) is 8.86. The highest BCUT2D eigenvalue weighted by Crippen LogP contribution is 2.24. The molecule has 1 aromatic heterocycles. The molecule has 0 bridgehead atoms. The maximum atomic E-state index is 4.83. The van der Waals surface area contributed by atoms with E-state index in [9.17, 15) is 0 Å². The highest BCUT2D eigenvalue weighted by molar-refractivity contribution is 5.62. The first-order valence-electron chi connectivity index (χ1n) is 11.1. The normalized spacial score (nSPS) is 14.6. The van der Waals surface area contributed by atoms with Gasteiger partial charge in [-0.15, -0.1) is 0 Å². The minimum atomic E-state index is 0.583. The van der Waals surface area contributed by atoms with Gasteiger partial charge in [0, 0.05) is 37.0 Å². The number of nitrogens with zero attached hydrogens (tertiary/aromatic N) is 2. The van der Waals surface area contributed by atoms with Crippen LogP contribution in [0.2, 0.25) is 0 Å². The quantitative estimate of drug-likeness (QED) is 0.515. The molecule has 0 saturated carbocycles. The molecule has 4 rings (SSSR count). The molecule has 2 heterocycles. The Morgan fingerprint density at radius 1 is 0.966 bits per heavy atom. The van der Waals surface area contributed by atoms with Crippen LogP contribution in [0.1, 0.15) is 56.5 Å². The van der Waals surface area contributed by atoms with Gasteiger partial charge in [-0.2, -0.15) is 0 Å². The SMILES string of the molecule is CC(CNc1ccc(-c2cn3c(n2)CCCC3)cc1)Cc1ccc(C(C)C)cc1. The van der Waals surface area contributed by atoms with Crippen LogP contribution < -0.4 is 5.32 Å². The van der Waals surface area contributed by atoms with E-state index in [-0.39, 0.29) is 0 Å². The number of hydrogen-bond donors (Lipinski definition) is 1. The van der Waals surface area contributed by atoms with Gasteiger partial charge in [-0.05, 0) is 54.4 Å². The lowest BCUT2D eigenvalue weighted by Gasteiger charge is -2.15. The summed E-state index contributed by atoms with van der Waals surface area (Å²) >= 11 is 0. The molecule has 0 aliphatic carbocycles. The van der Waals surface area contributed by atoms with E-state index >= 15 is 0 Å². The number of fused-ring (bicyclic) bond motifs is 1. The van der Waals surface area contributed by atoms with E-state index in [2.05, 4.69) is 85.4 Å². The minimum absolute atomic E-state index is 0.583. The number of hydrogen-bond acceptors (Lipinski definition) is 2. The van der Waals surface area contributed by atoms with Gasteiger partial charge in [0.2, 0.25) is 0 Å². The van der Waals surface area contributed by atoms with Crippen molar-refractivity contribution >= 4 is 5.69 Å². The van der Waals surface area contributed by atoms with Crippen LogP contribution in [0.25, 0.3) is 11.3 Å². The van der Waals surface area contributed by atoms with E-state index in [1.165, 1.54) is 41.0 Å². The van der Waals surface area contributed by atoms with Crippen LogP contribution in [0.15, 0.2) is 54.7 Å². The van der Waals surface area contributed by atoms with Gasteiger partial charge in [0.05, 0.1) is 5.69 Å². The summed E-state index contributed by atoms with van der Waals surface area (Å²) in [4.78, 5) is 4.83. The summed E-state index contributed by atoms with van der Waals surface area (Å²) in [5.41, 5.74) is 6.32. The molecule has 1 aliphatic heterocycles. The van der Waals surface area contributed by atoms with Gasteiger partial charge in [-0.1, -0.05) is 57.2 Å². The highest BCUT2D eigenvalue weighted by Gasteiger charge is 2.13. The van der Waals surface area contributed by atoms with E-state index in [0.717, 1.165) is 31.6 Å². The standard InChI is InChI=1S/C26H33N3/c1-19(2)22-9-7-21(8-10-22)16-20(3)17-27-24-13-11-23(12-14-24)25-18-29-15-5-4-6-26(29)28-25/h7-14,18-20,27H,4-6,15-17H2,1-3H3. The number of anilines is 1. The summed E-state index contributed by atoms with van der Waals surface area (Å²) < 4.78 is 2.32. The summed E-state index contributed by atoms with van der Waals surface area (Å²) in [5, 5.41) is 3.60. The first-order chi connectivity index (χ1) is 14.1. The largest absolute Gasteiger partial charge is 0.385 e. The van der Waals surface area contributed by atoms with Crippen LogP contribution in [0.3, 0.4) is 0 Å². The molecule has 0 radical (unpaired) electrons. The monoisotopic (exact) mass is 387 g/mol. The zero-order chi connectivity index (χ0) is 20.2. The van der Waals surface area contributed by atoms with E-state index < -0.39 is 0 Å². The predicted molar refractivity (Wildman–Crippen MR) is 122 cm³/mol. The third-order valence-electron chi connectivity index (χ3n) is 5.97. The first kappa shape index (κ1) is 19.8. The molecule has 3 heteroatoms. The van der Waals surface area contributed by atoms with Crippen LogP contribution in [0, 0.1) is 5.92 Å². The Labute approximate surface area is 175 Å². The Hall–Kier alpha value is -2.55. The Balaban J connectivity index is 1.31. The number of benzene rings is 2. The number of aryl methyl sites for hydroxylation is 2.